The summed E-state index contributed by atoms with van der Waals surface area (Å²) in [6.07, 6.45) is 1.80. The van der Waals surface area contributed by atoms with Gasteiger partial charge in [-0.25, -0.2) is 4.79 Å². The summed E-state index contributed by atoms with van der Waals surface area (Å²) < 4.78 is 4.43. The molecule has 0 heterocycles. The first-order valence-electron chi connectivity index (χ1n) is 4.08. The van der Waals surface area contributed by atoms with Gasteiger partial charge in [-0.05, 0) is 5.56 Å². The highest BCUT2D eigenvalue weighted by molar-refractivity contribution is 6.12. The third-order valence-corrected chi connectivity index (χ3v) is 1.71. The summed E-state index contributed by atoms with van der Waals surface area (Å²) in [5, 5.41) is 0. The van der Waals surface area contributed by atoms with E-state index < -0.39 is 5.97 Å². The Labute approximate surface area is 82.0 Å². The monoisotopic (exact) mass is 190 g/mol. The minimum atomic E-state index is -0.532. The standard InChI is InChI=1S/C11H10O3/c1-14-11(13)7-10(8-12)9-5-3-2-4-6-9/h2-8H,1H3. The molecule has 1 aromatic rings. The van der Waals surface area contributed by atoms with Crippen LogP contribution in [0.5, 0.6) is 0 Å². The Kier molecular flexibility index (Phi) is 3.61. The summed E-state index contributed by atoms with van der Waals surface area (Å²) in [6.45, 7) is 0. The van der Waals surface area contributed by atoms with E-state index >= 15 is 0 Å². The number of aldehydes is 1. The average Bonchev–Trinajstić information content (AvgIpc) is 2.26. The van der Waals surface area contributed by atoms with Gasteiger partial charge in [0.15, 0.2) is 6.29 Å². The molecule has 1 rings (SSSR count). The van der Waals surface area contributed by atoms with Crippen LogP contribution in [0.2, 0.25) is 0 Å². The fourth-order valence-corrected chi connectivity index (χ4v) is 1.00. The number of carbonyl (C=O) groups is 2. The molecule has 0 saturated heterocycles. The predicted molar refractivity (Wildman–Crippen MR) is 52.5 cm³/mol. The molecule has 0 N–H and O–H groups in total. The molecule has 0 aliphatic carbocycles. The van der Waals surface area contributed by atoms with Crippen LogP contribution in [-0.4, -0.2) is 19.4 Å². The van der Waals surface area contributed by atoms with Gasteiger partial charge in [-0.3, -0.25) is 4.79 Å². The number of methoxy groups -OCH3 is 1. The lowest BCUT2D eigenvalue weighted by molar-refractivity contribution is -0.134. The van der Waals surface area contributed by atoms with Gasteiger partial charge in [0.05, 0.1) is 7.11 Å². The predicted octanol–water partition coefficient (Wildman–Crippen LogP) is 1.44. The summed E-state index contributed by atoms with van der Waals surface area (Å²) >= 11 is 0. The number of allylic oxidation sites excluding steroid dienone is 1. The highest BCUT2D eigenvalue weighted by Gasteiger charge is 2.02. The van der Waals surface area contributed by atoms with E-state index in [4.69, 9.17) is 0 Å². The molecule has 1 aromatic carbocycles. The van der Waals surface area contributed by atoms with Crippen LogP contribution < -0.4 is 0 Å². The van der Waals surface area contributed by atoms with Gasteiger partial charge >= 0.3 is 5.97 Å². The third-order valence-electron chi connectivity index (χ3n) is 1.71. The van der Waals surface area contributed by atoms with E-state index in [1.54, 1.807) is 24.3 Å². The molecule has 0 fully saturated rings. The molecule has 0 aliphatic heterocycles. The Balaban J connectivity index is 2.99. The molecule has 0 radical (unpaired) electrons. The van der Waals surface area contributed by atoms with Crippen molar-refractivity contribution in [2.75, 3.05) is 7.11 Å². The molecule has 0 aliphatic rings. The zero-order chi connectivity index (χ0) is 10.4. The highest BCUT2D eigenvalue weighted by atomic mass is 16.5. The Hall–Kier alpha value is -1.90. The van der Waals surface area contributed by atoms with Crippen LogP contribution >= 0.6 is 0 Å². The highest BCUT2D eigenvalue weighted by Crippen LogP contribution is 2.10. The van der Waals surface area contributed by atoms with Crippen LogP contribution in [0, 0.1) is 0 Å². The average molecular weight is 190 g/mol. The van der Waals surface area contributed by atoms with E-state index in [9.17, 15) is 9.59 Å². The molecule has 3 nitrogen and oxygen atoms in total. The van der Waals surface area contributed by atoms with Crippen molar-refractivity contribution in [3.05, 3.63) is 42.0 Å². The fourth-order valence-electron chi connectivity index (χ4n) is 1.00. The Morgan fingerprint density at radius 1 is 1.29 bits per heavy atom. The summed E-state index contributed by atoms with van der Waals surface area (Å²) in [7, 11) is 1.27. The van der Waals surface area contributed by atoms with Gasteiger partial charge in [-0.15, -0.1) is 0 Å². The van der Waals surface area contributed by atoms with Gasteiger partial charge in [0.25, 0.3) is 0 Å². The Bertz CT molecular complexity index is 352. The largest absolute Gasteiger partial charge is 0.466 e. The third kappa shape index (κ3) is 2.55. The number of hydrogen-bond acceptors (Lipinski definition) is 3. The van der Waals surface area contributed by atoms with Crippen LogP contribution in [-0.2, 0) is 14.3 Å². The second-order valence-corrected chi connectivity index (χ2v) is 2.61. The fraction of sp³-hybridized carbons (Fsp3) is 0.0909. The zero-order valence-corrected chi connectivity index (χ0v) is 7.77. The van der Waals surface area contributed by atoms with Crippen molar-refractivity contribution in [1.29, 1.82) is 0 Å². The van der Waals surface area contributed by atoms with Crippen LogP contribution in [0.4, 0.5) is 0 Å². The number of hydrogen-bond donors (Lipinski definition) is 0. The molecule has 0 bridgehead atoms. The smallest absolute Gasteiger partial charge is 0.331 e. The summed E-state index contributed by atoms with van der Waals surface area (Å²) in [5.74, 6) is -0.532. The summed E-state index contributed by atoms with van der Waals surface area (Å²) in [4.78, 5) is 21.6. The number of esters is 1. The molecule has 0 saturated carbocycles. The normalized spacial score (nSPS) is 10.8. The van der Waals surface area contributed by atoms with E-state index in [2.05, 4.69) is 4.74 Å². The second-order valence-electron chi connectivity index (χ2n) is 2.61. The van der Waals surface area contributed by atoms with Crippen LogP contribution in [0.3, 0.4) is 0 Å². The van der Waals surface area contributed by atoms with Crippen molar-refractivity contribution in [1.82, 2.24) is 0 Å². The summed E-state index contributed by atoms with van der Waals surface area (Å²) in [6, 6.07) is 8.93. The molecule has 0 aromatic heterocycles. The summed E-state index contributed by atoms with van der Waals surface area (Å²) in [5.41, 5.74) is 1.02. The van der Waals surface area contributed by atoms with Crippen molar-refractivity contribution < 1.29 is 14.3 Å². The lowest BCUT2D eigenvalue weighted by atomic mass is 10.1. The molecule has 0 spiro atoms. The van der Waals surface area contributed by atoms with Crippen molar-refractivity contribution in [3.8, 4) is 0 Å². The van der Waals surface area contributed by atoms with Gasteiger partial charge in [-0.2, -0.15) is 0 Å². The molecule has 3 heteroatoms. The van der Waals surface area contributed by atoms with Crippen LogP contribution in [0.25, 0.3) is 5.57 Å². The quantitative estimate of drug-likeness (QED) is 0.411. The molecule has 0 unspecified atom stereocenters. The van der Waals surface area contributed by atoms with Gasteiger partial charge in [0, 0.05) is 11.6 Å². The maximum absolute atomic E-state index is 10.9. The number of ether oxygens (including phenoxy) is 1. The van der Waals surface area contributed by atoms with Gasteiger partial charge in [-0.1, -0.05) is 30.3 Å². The van der Waals surface area contributed by atoms with E-state index in [0.29, 0.717) is 17.4 Å². The van der Waals surface area contributed by atoms with Crippen molar-refractivity contribution in [3.63, 3.8) is 0 Å². The molecule has 72 valence electrons. The van der Waals surface area contributed by atoms with Gasteiger partial charge in [0.1, 0.15) is 0 Å². The van der Waals surface area contributed by atoms with Crippen molar-refractivity contribution >= 4 is 17.8 Å². The molecule has 0 amide bonds. The minimum Gasteiger partial charge on any atom is -0.466 e. The van der Waals surface area contributed by atoms with Crippen molar-refractivity contribution in [2.24, 2.45) is 0 Å². The van der Waals surface area contributed by atoms with E-state index in [-0.39, 0.29) is 0 Å². The first kappa shape index (κ1) is 10.2. The molecular formula is C11H10O3. The first-order valence-corrected chi connectivity index (χ1v) is 4.08. The number of rotatable bonds is 3. The van der Waals surface area contributed by atoms with E-state index in [1.807, 2.05) is 6.07 Å². The number of carbonyl (C=O) groups excluding carboxylic acids is 2. The van der Waals surface area contributed by atoms with Gasteiger partial charge in [0.2, 0.25) is 0 Å². The lowest BCUT2D eigenvalue weighted by Gasteiger charge is -1.98. The Morgan fingerprint density at radius 3 is 2.43 bits per heavy atom. The van der Waals surface area contributed by atoms with Crippen molar-refractivity contribution in [2.45, 2.75) is 0 Å². The maximum atomic E-state index is 10.9. The first-order chi connectivity index (χ1) is 6.77. The van der Waals surface area contributed by atoms with E-state index in [1.165, 1.54) is 13.2 Å². The lowest BCUT2D eigenvalue weighted by Crippen LogP contribution is -1.97. The minimum absolute atomic E-state index is 0.317. The zero-order valence-electron chi connectivity index (χ0n) is 7.77. The second kappa shape index (κ2) is 4.97. The maximum Gasteiger partial charge on any atom is 0.331 e. The topological polar surface area (TPSA) is 43.4 Å². The molecular weight excluding hydrogens is 180 g/mol. The molecule has 0 atom stereocenters. The van der Waals surface area contributed by atoms with Gasteiger partial charge < -0.3 is 4.74 Å². The Morgan fingerprint density at radius 2 is 1.93 bits per heavy atom. The van der Waals surface area contributed by atoms with Crippen LogP contribution in [0.1, 0.15) is 5.56 Å². The SMILES string of the molecule is COC(=O)C=C(C=O)c1ccccc1. The molecule has 14 heavy (non-hydrogen) atoms. The number of benzene rings is 1. The van der Waals surface area contributed by atoms with Crippen LogP contribution in [0.15, 0.2) is 36.4 Å². The van der Waals surface area contributed by atoms with E-state index in [0.717, 1.165) is 0 Å².